The van der Waals surface area contributed by atoms with E-state index in [0.717, 1.165) is 20.4 Å². The van der Waals surface area contributed by atoms with Gasteiger partial charge in [-0.1, -0.05) is 6.92 Å². The molecule has 0 saturated heterocycles. The highest BCUT2D eigenvalue weighted by atomic mass is 127. The first kappa shape index (κ1) is 16.0. The first-order valence-electron chi connectivity index (χ1n) is 6.38. The first-order chi connectivity index (χ1) is 9.46. The van der Waals surface area contributed by atoms with E-state index in [2.05, 4.69) is 27.6 Å². The van der Waals surface area contributed by atoms with Crippen molar-refractivity contribution in [1.82, 2.24) is 9.55 Å². The molecule has 0 saturated carbocycles. The van der Waals surface area contributed by atoms with Crippen LogP contribution in [0.15, 0.2) is 18.2 Å². The van der Waals surface area contributed by atoms with Crippen LogP contribution in [-0.4, -0.2) is 35.4 Å². The summed E-state index contributed by atoms with van der Waals surface area (Å²) >= 11 is 8.05. The number of aromatic nitrogens is 2. The molecule has 1 aromatic heterocycles. The SMILES string of the molecule is CCS(=O)(=O)CCn1c(CCCl)nc2cc(I)ccc21. The van der Waals surface area contributed by atoms with E-state index in [1.807, 2.05) is 22.8 Å². The molecule has 110 valence electrons. The molecule has 0 aliphatic rings. The zero-order chi connectivity index (χ0) is 14.8. The molecule has 0 unspecified atom stereocenters. The summed E-state index contributed by atoms with van der Waals surface area (Å²) in [5, 5.41) is 0. The van der Waals surface area contributed by atoms with Crippen molar-refractivity contribution in [2.45, 2.75) is 19.9 Å². The van der Waals surface area contributed by atoms with E-state index in [-0.39, 0.29) is 11.5 Å². The Labute approximate surface area is 137 Å². The fraction of sp³-hybridized carbons (Fsp3) is 0.462. The molecule has 0 N–H and O–H groups in total. The van der Waals surface area contributed by atoms with E-state index in [1.165, 1.54) is 0 Å². The second-order valence-corrected chi connectivity index (χ2v) is 8.58. The molecule has 0 spiro atoms. The number of alkyl halides is 1. The van der Waals surface area contributed by atoms with Gasteiger partial charge in [-0.05, 0) is 40.8 Å². The molecule has 1 heterocycles. The molecular formula is C13H16ClIN2O2S. The van der Waals surface area contributed by atoms with Gasteiger partial charge in [0.15, 0.2) is 9.84 Å². The predicted molar refractivity (Wildman–Crippen MR) is 91.2 cm³/mol. The second-order valence-electron chi connectivity index (χ2n) is 4.49. The summed E-state index contributed by atoms with van der Waals surface area (Å²) in [6.45, 7) is 2.10. The number of sulfone groups is 1. The largest absolute Gasteiger partial charge is 0.327 e. The fourth-order valence-corrected chi connectivity index (χ4v) is 3.45. The topological polar surface area (TPSA) is 52.0 Å². The van der Waals surface area contributed by atoms with Crippen LogP contribution in [-0.2, 0) is 22.8 Å². The summed E-state index contributed by atoms with van der Waals surface area (Å²) in [5.74, 6) is 1.63. The number of imidazole rings is 1. The van der Waals surface area contributed by atoms with Crippen LogP contribution in [0, 0.1) is 3.57 Å². The van der Waals surface area contributed by atoms with E-state index >= 15 is 0 Å². The Morgan fingerprint density at radius 3 is 2.80 bits per heavy atom. The molecule has 0 atom stereocenters. The van der Waals surface area contributed by atoms with Crippen molar-refractivity contribution in [3.8, 4) is 0 Å². The van der Waals surface area contributed by atoms with E-state index in [9.17, 15) is 8.42 Å². The van der Waals surface area contributed by atoms with Crippen molar-refractivity contribution in [2.75, 3.05) is 17.4 Å². The van der Waals surface area contributed by atoms with Crippen molar-refractivity contribution in [3.05, 3.63) is 27.6 Å². The second kappa shape index (κ2) is 6.62. The van der Waals surface area contributed by atoms with Gasteiger partial charge in [-0.15, -0.1) is 11.6 Å². The highest BCUT2D eigenvalue weighted by molar-refractivity contribution is 14.1. The summed E-state index contributed by atoms with van der Waals surface area (Å²) in [6, 6.07) is 5.98. The lowest BCUT2D eigenvalue weighted by atomic mass is 10.3. The molecule has 0 aliphatic carbocycles. The van der Waals surface area contributed by atoms with Gasteiger partial charge in [0.1, 0.15) is 5.82 Å². The molecule has 0 fully saturated rings. The third kappa shape index (κ3) is 3.65. The molecule has 0 amide bonds. The molecule has 0 bridgehead atoms. The van der Waals surface area contributed by atoms with Crippen molar-refractivity contribution in [2.24, 2.45) is 0 Å². The average Bonchev–Trinajstić information content (AvgIpc) is 2.73. The summed E-state index contributed by atoms with van der Waals surface area (Å²) in [6.07, 6.45) is 0.638. The number of hydrogen-bond donors (Lipinski definition) is 0. The Hall–Kier alpha value is -0.340. The zero-order valence-corrected chi connectivity index (χ0v) is 14.9. The van der Waals surface area contributed by atoms with Crippen LogP contribution in [0.5, 0.6) is 0 Å². The third-order valence-corrected chi connectivity index (χ3v) is 5.72. The molecule has 2 aromatic rings. The molecule has 20 heavy (non-hydrogen) atoms. The number of benzene rings is 1. The van der Waals surface area contributed by atoms with Crippen molar-refractivity contribution in [1.29, 1.82) is 0 Å². The molecule has 7 heteroatoms. The number of fused-ring (bicyclic) bond motifs is 1. The molecule has 0 aliphatic heterocycles. The van der Waals surface area contributed by atoms with E-state index in [1.54, 1.807) is 6.92 Å². The maximum atomic E-state index is 11.7. The third-order valence-electron chi connectivity index (χ3n) is 3.17. The molecular weight excluding hydrogens is 411 g/mol. The minimum atomic E-state index is -2.99. The van der Waals surface area contributed by atoms with Crippen molar-refractivity contribution < 1.29 is 8.42 Å². The van der Waals surface area contributed by atoms with Gasteiger partial charge in [0.2, 0.25) is 0 Å². The van der Waals surface area contributed by atoms with Crippen molar-refractivity contribution in [3.63, 3.8) is 0 Å². The summed E-state index contributed by atoms with van der Waals surface area (Å²) in [5.41, 5.74) is 1.86. The van der Waals surface area contributed by atoms with Gasteiger partial charge < -0.3 is 4.57 Å². The van der Waals surface area contributed by atoms with Gasteiger partial charge >= 0.3 is 0 Å². The summed E-state index contributed by atoms with van der Waals surface area (Å²) < 4.78 is 26.5. The lowest BCUT2D eigenvalue weighted by Crippen LogP contribution is -2.16. The predicted octanol–water partition coefficient (Wildman–Crippen LogP) is 2.86. The minimum Gasteiger partial charge on any atom is -0.327 e. The summed E-state index contributed by atoms with van der Waals surface area (Å²) in [4.78, 5) is 4.57. The lowest BCUT2D eigenvalue weighted by Gasteiger charge is -2.08. The van der Waals surface area contributed by atoms with E-state index in [4.69, 9.17) is 11.6 Å². The van der Waals surface area contributed by atoms with Gasteiger partial charge in [-0.25, -0.2) is 13.4 Å². The zero-order valence-electron chi connectivity index (χ0n) is 11.1. The Morgan fingerprint density at radius 1 is 1.40 bits per heavy atom. The Kier molecular flexibility index (Phi) is 5.30. The van der Waals surface area contributed by atoms with Gasteiger partial charge in [0, 0.05) is 28.2 Å². The van der Waals surface area contributed by atoms with E-state index in [0.29, 0.717) is 18.8 Å². The van der Waals surface area contributed by atoms with Gasteiger partial charge in [0.05, 0.1) is 16.8 Å². The Balaban J connectivity index is 2.41. The quantitative estimate of drug-likeness (QED) is 0.527. The van der Waals surface area contributed by atoms with Gasteiger partial charge in [0.25, 0.3) is 0 Å². The highest BCUT2D eigenvalue weighted by Crippen LogP contribution is 2.20. The Bertz CT molecular complexity index is 712. The average molecular weight is 427 g/mol. The fourth-order valence-electron chi connectivity index (χ4n) is 2.05. The van der Waals surface area contributed by atoms with Gasteiger partial charge in [-0.2, -0.15) is 0 Å². The highest BCUT2D eigenvalue weighted by Gasteiger charge is 2.14. The van der Waals surface area contributed by atoms with Crippen LogP contribution in [0.2, 0.25) is 0 Å². The number of halogens is 2. The van der Waals surface area contributed by atoms with Crippen LogP contribution in [0.3, 0.4) is 0 Å². The van der Waals surface area contributed by atoms with Gasteiger partial charge in [-0.3, -0.25) is 0 Å². The van der Waals surface area contributed by atoms with E-state index < -0.39 is 9.84 Å². The van der Waals surface area contributed by atoms with Crippen LogP contribution in [0.1, 0.15) is 12.7 Å². The smallest absolute Gasteiger partial charge is 0.151 e. The Morgan fingerprint density at radius 2 is 2.15 bits per heavy atom. The monoisotopic (exact) mass is 426 g/mol. The maximum absolute atomic E-state index is 11.7. The summed E-state index contributed by atoms with van der Waals surface area (Å²) in [7, 11) is -2.99. The standard InChI is InChI=1S/C13H16ClIN2O2S/c1-2-20(18,19)8-7-17-12-4-3-10(15)9-11(12)16-13(17)5-6-14/h3-4,9H,2,5-8H2,1H3. The first-order valence-corrected chi connectivity index (χ1v) is 9.81. The molecule has 0 radical (unpaired) electrons. The number of rotatable bonds is 6. The lowest BCUT2D eigenvalue weighted by molar-refractivity contribution is 0.589. The molecule has 1 aromatic carbocycles. The maximum Gasteiger partial charge on any atom is 0.151 e. The van der Waals surface area contributed by atoms with Crippen LogP contribution < -0.4 is 0 Å². The molecule has 2 rings (SSSR count). The normalized spacial score (nSPS) is 12.2. The number of hydrogen-bond acceptors (Lipinski definition) is 3. The molecule has 4 nitrogen and oxygen atoms in total. The number of aryl methyl sites for hydroxylation is 2. The van der Waals surface area contributed by atoms with Crippen LogP contribution in [0.25, 0.3) is 11.0 Å². The van der Waals surface area contributed by atoms with Crippen molar-refractivity contribution >= 4 is 55.1 Å². The van der Waals surface area contributed by atoms with Crippen LogP contribution >= 0.6 is 34.2 Å². The minimum absolute atomic E-state index is 0.135. The van der Waals surface area contributed by atoms with Crippen LogP contribution in [0.4, 0.5) is 0 Å². The number of nitrogens with zero attached hydrogens (tertiary/aromatic N) is 2.